The van der Waals surface area contributed by atoms with Crippen LogP contribution < -0.4 is 20.1 Å². The van der Waals surface area contributed by atoms with Crippen LogP contribution in [0.15, 0.2) is 78.9 Å². The zero-order valence-electron chi connectivity index (χ0n) is 17.8. The molecule has 0 spiro atoms. The largest absolute Gasteiger partial charge is 0.454 e. The number of benzene rings is 3. The van der Waals surface area contributed by atoms with E-state index in [0.29, 0.717) is 35.6 Å². The van der Waals surface area contributed by atoms with Crippen LogP contribution in [0.5, 0.6) is 11.5 Å². The Hall–Kier alpha value is -3.64. The van der Waals surface area contributed by atoms with E-state index in [0.717, 1.165) is 6.42 Å². The third-order valence-corrected chi connectivity index (χ3v) is 5.39. The Labute approximate surface area is 187 Å². The molecule has 0 aliphatic carbocycles. The molecule has 0 saturated carbocycles. The van der Waals surface area contributed by atoms with Gasteiger partial charge in [0.1, 0.15) is 0 Å². The van der Waals surface area contributed by atoms with Gasteiger partial charge < -0.3 is 20.1 Å². The molecule has 1 aliphatic rings. The average molecular weight is 431 g/mol. The zero-order chi connectivity index (χ0) is 22.2. The Bertz CT molecular complexity index is 1050. The van der Waals surface area contributed by atoms with Gasteiger partial charge in [0.05, 0.1) is 12.1 Å². The molecule has 3 aromatic rings. The molecule has 2 N–H and O–H groups in total. The molecule has 6 heteroatoms. The molecule has 0 radical (unpaired) electrons. The lowest BCUT2D eigenvalue weighted by molar-refractivity contribution is 0.0942. The Balaban J connectivity index is 1.35. The van der Waals surface area contributed by atoms with E-state index in [1.807, 2.05) is 48.5 Å². The summed E-state index contributed by atoms with van der Waals surface area (Å²) < 4.78 is 10.8. The molecule has 1 heterocycles. The summed E-state index contributed by atoms with van der Waals surface area (Å²) in [5.41, 5.74) is 2.33. The van der Waals surface area contributed by atoms with Gasteiger partial charge in [0.2, 0.25) is 6.79 Å². The van der Waals surface area contributed by atoms with E-state index >= 15 is 0 Å². The predicted octanol–water partition coefficient (Wildman–Crippen LogP) is 3.62. The molecule has 0 bridgehead atoms. The number of amides is 1. The van der Waals surface area contributed by atoms with Gasteiger partial charge in [-0.25, -0.2) is 0 Å². The lowest BCUT2D eigenvalue weighted by Crippen LogP contribution is -2.38. The summed E-state index contributed by atoms with van der Waals surface area (Å²) in [6, 6.07) is 24.7. The number of ketones is 1. The number of fused-ring (bicyclic) bond motifs is 1. The molecule has 1 atom stereocenters. The van der Waals surface area contributed by atoms with Gasteiger partial charge in [0.15, 0.2) is 17.3 Å². The second-order valence-corrected chi connectivity index (χ2v) is 7.64. The molecule has 0 saturated heterocycles. The van der Waals surface area contributed by atoms with Gasteiger partial charge in [0, 0.05) is 18.2 Å². The minimum atomic E-state index is -0.203. The first kappa shape index (κ1) is 21.6. The van der Waals surface area contributed by atoms with Crippen LogP contribution in [0.4, 0.5) is 0 Å². The topological polar surface area (TPSA) is 76.7 Å². The van der Waals surface area contributed by atoms with Crippen molar-refractivity contribution in [3.8, 4) is 11.5 Å². The first-order chi connectivity index (χ1) is 15.7. The molecule has 0 aromatic heterocycles. The summed E-state index contributed by atoms with van der Waals surface area (Å²) >= 11 is 0. The van der Waals surface area contributed by atoms with Crippen molar-refractivity contribution >= 4 is 11.7 Å². The predicted molar refractivity (Wildman–Crippen MR) is 122 cm³/mol. The second-order valence-electron chi connectivity index (χ2n) is 7.64. The van der Waals surface area contributed by atoms with Gasteiger partial charge >= 0.3 is 0 Å². The smallest absolute Gasteiger partial charge is 0.255 e. The van der Waals surface area contributed by atoms with Crippen LogP contribution >= 0.6 is 0 Å². The Morgan fingerprint density at radius 2 is 1.62 bits per heavy atom. The molecule has 1 amide bonds. The molecule has 4 rings (SSSR count). The number of ether oxygens (including phenoxy) is 2. The molecule has 3 aromatic carbocycles. The molecule has 0 fully saturated rings. The SMILES string of the molecule is O=C(CN[C@H](CCNC(=O)c1cccc2c1OCO2)Cc1ccccc1)c1ccccc1. The first-order valence-electron chi connectivity index (χ1n) is 10.7. The fourth-order valence-electron chi connectivity index (χ4n) is 3.70. The molecule has 1 aliphatic heterocycles. The quantitative estimate of drug-likeness (QED) is 0.481. The van der Waals surface area contributed by atoms with E-state index in [9.17, 15) is 9.59 Å². The van der Waals surface area contributed by atoms with Gasteiger partial charge in [-0.3, -0.25) is 9.59 Å². The summed E-state index contributed by atoms with van der Waals surface area (Å²) in [6.45, 7) is 0.832. The van der Waals surface area contributed by atoms with Crippen molar-refractivity contribution in [1.82, 2.24) is 10.6 Å². The number of rotatable bonds is 10. The van der Waals surface area contributed by atoms with Crippen molar-refractivity contribution in [2.45, 2.75) is 18.9 Å². The summed E-state index contributed by atoms with van der Waals surface area (Å²) in [4.78, 5) is 25.2. The maximum Gasteiger partial charge on any atom is 0.255 e. The third kappa shape index (κ3) is 5.53. The molecule has 6 nitrogen and oxygen atoms in total. The van der Waals surface area contributed by atoms with E-state index in [2.05, 4.69) is 22.8 Å². The van der Waals surface area contributed by atoms with Crippen LogP contribution in [0.25, 0.3) is 0 Å². The van der Waals surface area contributed by atoms with Gasteiger partial charge in [-0.15, -0.1) is 0 Å². The van der Waals surface area contributed by atoms with E-state index in [4.69, 9.17) is 9.47 Å². The fraction of sp³-hybridized carbons (Fsp3) is 0.231. The van der Waals surface area contributed by atoms with Crippen molar-refractivity contribution < 1.29 is 19.1 Å². The van der Waals surface area contributed by atoms with E-state index < -0.39 is 0 Å². The van der Waals surface area contributed by atoms with Crippen LogP contribution in [0.3, 0.4) is 0 Å². The van der Waals surface area contributed by atoms with Crippen molar-refractivity contribution in [2.75, 3.05) is 19.9 Å². The standard InChI is InChI=1S/C26H26N2O4/c29-23(20-10-5-2-6-11-20)17-28-21(16-19-8-3-1-4-9-19)14-15-27-26(30)22-12-7-13-24-25(22)32-18-31-24/h1-13,21,28H,14-18H2,(H,27,30)/t21-/m1/s1. The van der Waals surface area contributed by atoms with Crippen LogP contribution in [-0.2, 0) is 6.42 Å². The normalized spacial score (nSPS) is 12.9. The lowest BCUT2D eigenvalue weighted by atomic mass is 10.0. The molecule has 0 unspecified atom stereocenters. The summed E-state index contributed by atoms with van der Waals surface area (Å²) in [5, 5.41) is 6.34. The number of para-hydroxylation sites is 1. The highest BCUT2D eigenvalue weighted by Gasteiger charge is 2.22. The number of carbonyl (C=O) groups is 2. The van der Waals surface area contributed by atoms with E-state index in [1.165, 1.54) is 5.56 Å². The highest BCUT2D eigenvalue weighted by atomic mass is 16.7. The Morgan fingerprint density at radius 3 is 2.41 bits per heavy atom. The molecular formula is C26H26N2O4. The number of nitrogens with one attached hydrogen (secondary N) is 2. The van der Waals surface area contributed by atoms with Crippen molar-refractivity contribution in [3.63, 3.8) is 0 Å². The average Bonchev–Trinajstić information content (AvgIpc) is 3.32. The van der Waals surface area contributed by atoms with Gasteiger partial charge in [-0.2, -0.15) is 0 Å². The first-order valence-corrected chi connectivity index (χ1v) is 10.7. The summed E-state index contributed by atoms with van der Waals surface area (Å²) in [7, 11) is 0. The lowest BCUT2D eigenvalue weighted by Gasteiger charge is -2.19. The highest BCUT2D eigenvalue weighted by molar-refractivity contribution is 5.98. The zero-order valence-corrected chi connectivity index (χ0v) is 17.8. The summed E-state index contributed by atoms with van der Waals surface area (Å²) in [6.07, 6.45) is 1.44. The second kappa shape index (κ2) is 10.6. The maximum atomic E-state index is 12.7. The number of Topliss-reactive ketones (excluding diaryl/α,β-unsaturated/α-hetero) is 1. The third-order valence-electron chi connectivity index (χ3n) is 5.39. The van der Waals surface area contributed by atoms with Crippen LogP contribution in [0, 0.1) is 0 Å². The Morgan fingerprint density at radius 1 is 0.875 bits per heavy atom. The monoisotopic (exact) mass is 430 g/mol. The van der Waals surface area contributed by atoms with Crippen molar-refractivity contribution in [3.05, 3.63) is 95.6 Å². The van der Waals surface area contributed by atoms with E-state index in [1.54, 1.807) is 18.2 Å². The maximum absolute atomic E-state index is 12.7. The number of carbonyl (C=O) groups excluding carboxylic acids is 2. The van der Waals surface area contributed by atoms with Crippen LogP contribution in [0.1, 0.15) is 32.7 Å². The van der Waals surface area contributed by atoms with Crippen LogP contribution in [-0.4, -0.2) is 37.6 Å². The molecule has 164 valence electrons. The van der Waals surface area contributed by atoms with Gasteiger partial charge in [0.25, 0.3) is 5.91 Å². The fourth-order valence-corrected chi connectivity index (χ4v) is 3.70. The highest BCUT2D eigenvalue weighted by Crippen LogP contribution is 2.35. The van der Waals surface area contributed by atoms with E-state index in [-0.39, 0.29) is 31.1 Å². The minimum absolute atomic E-state index is 0.0337. The van der Waals surface area contributed by atoms with Crippen molar-refractivity contribution in [2.24, 2.45) is 0 Å². The number of hydrogen-bond acceptors (Lipinski definition) is 5. The van der Waals surface area contributed by atoms with Crippen LogP contribution in [0.2, 0.25) is 0 Å². The van der Waals surface area contributed by atoms with Gasteiger partial charge in [-0.1, -0.05) is 66.7 Å². The summed E-state index contributed by atoms with van der Waals surface area (Å²) in [5.74, 6) is 0.911. The minimum Gasteiger partial charge on any atom is -0.454 e. The Kier molecular flexibility index (Phi) is 7.15. The molecular weight excluding hydrogens is 404 g/mol. The molecule has 32 heavy (non-hydrogen) atoms. The van der Waals surface area contributed by atoms with Gasteiger partial charge in [-0.05, 0) is 30.5 Å². The number of hydrogen-bond donors (Lipinski definition) is 2. The van der Waals surface area contributed by atoms with Crippen molar-refractivity contribution in [1.29, 1.82) is 0 Å².